The molecule has 9 heteroatoms. The number of hydrogen-bond donors (Lipinski definition) is 0. The Morgan fingerprint density at radius 2 is 1.79 bits per heavy atom. The molecule has 0 unspecified atom stereocenters. The number of aromatic nitrogens is 2. The van der Waals surface area contributed by atoms with Gasteiger partial charge in [-0.3, -0.25) is 4.79 Å². The first kappa shape index (κ1) is 21.2. The van der Waals surface area contributed by atoms with E-state index < -0.39 is 17.3 Å². The first-order valence-electron chi connectivity index (χ1n) is 8.47. The quantitative estimate of drug-likeness (QED) is 0.487. The molecular weight excluding hydrogens is 428 g/mol. The van der Waals surface area contributed by atoms with Crippen molar-refractivity contribution < 1.29 is 17.9 Å². The third-order valence-corrected chi connectivity index (χ3v) is 4.80. The van der Waals surface area contributed by atoms with Crippen molar-refractivity contribution in [3.63, 3.8) is 0 Å². The minimum absolute atomic E-state index is 0.0217. The van der Waals surface area contributed by atoms with Crippen molar-refractivity contribution in [2.45, 2.75) is 25.2 Å². The summed E-state index contributed by atoms with van der Waals surface area (Å²) in [6.45, 7) is -0.0375. The Kier molecular flexibility index (Phi) is 6.49. The van der Waals surface area contributed by atoms with Gasteiger partial charge in [0.2, 0.25) is 5.88 Å². The molecule has 0 spiro atoms. The van der Waals surface area contributed by atoms with E-state index in [9.17, 15) is 18.0 Å². The van der Waals surface area contributed by atoms with Crippen molar-refractivity contribution in [3.8, 4) is 5.88 Å². The molecule has 1 aromatic carbocycles. The Hall–Kier alpha value is -2.51. The summed E-state index contributed by atoms with van der Waals surface area (Å²) in [5.41, 5.74) is -0.761. The first-order valence-corrected chi connectivity index (χ1v) is 9.38. The maximum Gasteiger partial charge on any atom is 0.421 e. The number of halogens is 5. The second kappa shape index (κ2) is 8.88. The topological polar surface area (TPSA) is 44.1 Å². The van der Waals surface area contributed by atoms with E-state index in [0.29, 0.717) is 11.1 Å². The Labute approximate surface area is 174 Å². The van der Waals surface area contributed by atoms with E-state index in [1.54, 1.807) is 0 Å². The zero-order valence-corrected chi connectivity index (χ0v) is 16.4. The van der Waals surface area contributed by atoms with Crippen LogP contribution in [0.5, 0.6) is 5.88 Å². The van der Waals surface area contributed by atoms with Crippen LogP contribution in [0.4, 0.5) is 13.2 Å². The van der Waals surface area contributed by atoms with Gasteiger partial charge in [-0.2, -0.15) is 13.2 Å². The van der Waals surface area contributed by atoms with Crippen molar-refractivity contribution in [2.75, 3.05) is 0 Å². The lowest BCUT2D eigenvalue weighted by Gasteiger charge is -2.17. The number of rotatable bonds is 6. The van der Waals surface area contributed by atoms with Gasteiger partial charge in [-0.25, -0.2) is 4.98 Å². The van der Waals surface area contributed by atoms with Crippen molar-refractivity contribution >= 4 is 23.2 Å². The molecule has 0 N–H and O–H groups in total. The second-order valence-electron chi connectivity index (χ2n) is 6.13. The Balaban J connectivity index is 2.00. The summed E-state index contributed by atoms with van der Waals surface area (Å²) in [5, 5.41) is 0.238. The SMILES string of the molecule is O=c1c(C(F)(F)F)cccn1Cc1c(OCc2ccccc2)ncc(Cl)c1CCl. The molecule has 152 valence electrons. The second-order valence-corrected chi connectivity index (χ2v) is 6.80. The van der Waals surface area contributed by atoms with Crippen LogP contribution in [0.25, 0.3) is 0 Å². The summed E-state index contributed by atoms with van der Waals surface area (Å²) < 4.78 is 45.9. The maximum absolute atomic E-state index is 13.1. The zero-order chi connectivity index (χ0) is 21.0. The van der Waals surface area contributed by atoms with Crippen molar-refractivity contribution in [1.29, 1.82) is 0 Å². The fourth-order valence-corrected chi connectivity index (χ4v) is 3.35. The van der Waals surface area contributed by atoms with Crippen LogP contribution < -0.4 is 10.3 Å². The normalized spacial score (nSPS) is 11.5. The third-order valence-electron chi connectivity index (χ3n) is 4.21. The van der Waals surface area contributed by atoms with Crippen LogP contribution >= 0.6 is 23.2 Å². The van der Waals surface area contributed by atoms with Crippen LogP contribution in [0, 0.1) is 0 Å². The van der Waals surface area contributed by atoms with E-state index in [4.69, 9.17) is 27.9 Å². The fraction of sp³-hybridized carbons (Fsp3) is 0.200. The molecule has 2 heterocycles. The molecule has 0 amide bonds. The predicted molar refractivity (Wildman–Crippen MR) is 104 cm³/mol. The van der Waals surface area contributed by atoms with Gasteiger partial charge in [-0.05, 0) is 23.3 Å². The fourth-order valence-electron chi connectivity index (χ4n) is 2.75. The lowest BCUT2D eigenvalue weighted by atomic mass is 10.1. The highest BCUT2D eigenvalue weighted by molar-refractivity contribution is 6.32. The summed E-state index contributed by atoms with van der Waals surface area (Å²) >= 11 is 12.2. The maximum atomic E-state index is 13.1. The molecule has 4 nitrogen and oxygen atoms in total. The highest BCUT2D eigenvalue weighted by Gasteiger charge is 2.34. The Morgan fingerprint density at radius 1 is 1.07 bits per heavy atom. The van der Waals surface area contributed by atoms with E-state index in [-0.39, 0.29) is 29.9 Å². The summed E-state index contributed by atoms with van der Waals surface area (Å²) in [4.78, 5) is 16.5. The average Bonchev–Trinajstić information content (AvgIpc) is 2.69. The van der Waals surface area contributed by atoms with Gasteiger partial charge in [0.05, 0.1) is 11.6 Å². The lowest BCUT2D eigenvalue weighted by molar-refractivity contribution is -0.138. The van der Waals surface area contributed by atoms with Gasteiger partial charge in [0, 0.05) is 23.8 Å². The summed E-state index contributed by atoms with van der Waals surface area (Å²) in [5.74, 6) is 0.129. The first-order chi connectivity index (χ1) is 13.8. The third kappa shape index (κ3) is 4.92. The van der Waals surface area contributed by atoms with E-state index >= 15 is 0 Å². The summed E-state index contributed by atoms with van der Waals surface area (Å²) in [6, 6.07) is 11.2. The molecule has 0 bridgehead atoms. The summed E-state index contributed by atoms with van der Waals surface area (Å²) in [7, 11) is 0. The van der Waals surface area contributed by atoms with E-state index in [1.165, 1.54) is 12.4 Å². The summed E-state index contributed by atoms with van der Waals surface area (Å²) in [6.07, 6.45) is -2.13. The molecule has 0 fully saturated rings. The van der Waals surface area contributed by atoms with Crippen LogP contribution in [0.3, 0.4) is 0 Å². The minimum Gasteiger partial charge on any atom is -0.473 e. The number of alkyl halides is 4. The largest absolute Gasteiger partial charge is 0.473 e. The monoisotopic (exact) mass is 442 g/mol. The van der Waals surface area contributed by atoms with Gasteiger partial charge in [0.25, 0.3) is 5.56 Å². The van der Waals surface area contributed by atoms with Crippen molar-refractivity contribution in [2.24, 2.45) is 0 Å². The van der Waals surface area contributed by atoms with Gasteiger partial charge in [-0.15, -0.1) is 11.6 Å². The molecule has 3 aromatic rings. The predicted octanol–water partition coefficient (Wildman–Crippen LogP) is 5.28. The molecule has 0 aliphatic rings. The van der Waals surface area contributed by atoms with E-state index in [2.05, 4.69) is 4.98 Å². The molecule has 0 saturated heterocycles. The van der Waals surface area contributed by atoms with Crippen molar-refractivity contribution in [1.82, 2.24) is 9.55 Å². The molecule has 0 aliphatic heterocycles. The zero-order valence-electron chi connectivity index (χ0n) is 14.9. The number of hydrogen-bond acceptors (Lipinski definition) is 3. The highest BCUT2D eigenvalue weighted by atomic mass is 35.5. The molecule has 29 heavy (non-hydrogen) atoms. The van der Waals surface area contributed by atoms with Crippen LogP contribution in [0.2, 0.25) is 5.02 Å². The number of nitrogens with zero attached hydrogens (tertiary/aromatic N) is 2. The number of ether oxygens (including phenoxy) is 1. The van der Waals surface area contributed by atoms with Crippen molar-refractivity contribution in [3.05, 3.63) is 92.5 Å². The molecule has 3 rings (SSSR count). The van der Waals surface area contributed by atoms with E-state index in [1.807, 2.05) is 30.3 Å². The van der Waals surface area contributed by atoms with Gasteiger partial charge in [-0.1, -0.05) is 41.9 Å². The Morgan fingerprint density at radius 3 is 2.45 bits per heavy atom. The van der Waals surface area contributed by atoms with Gasteiger partial charge >= 0.3 is 6.18 Å². The minimum atomic E-state index is -4.76. The van der Waals surface area contributed by atoms with E-state index in [0.717, 1.165) is 22.3 Å². The lowest BCUT2D eigenvalue weighted by Crippen LogP contribution is -2.28. The van der Waals surface area contributed by atoms with Gasteiger partial charge in [0.1, 0.15) is 12.2 Å². The smallest absolute Gasteiger partial charge is 0.421 e. The van der Waals surface area contributed by atoms with Crippen LogP contribution in [-0.2, 0) is 25.2 Å². The van der Waals surface area contributed by atoms with Crippen LogP contribution in [0.1, 0.15) is 22.3 Å². The van der Waals surface area contributed by atoms with Crippen LogP contribution in [-0.4, -0.2) is 9.55 Å². The van der Waals surface area contributed by atoms with Gasteiger partial charge < -0.3 is 9.30 Å². The number of benzene rings is 1. The van der Waals surface area contributed by atoms with Gasteiger partial charge in [0.15, 0.2) is 0 Å². The average molecular weight is 443 g/mol. The molecule has 2 aromatic heterocycles. The molecule has 0 aliphatic carbocycles. The standard InChI is InChI=1S/C20H15Cl2F3N2O2/c21-9-14-15(11-27-8-4-7-16(19(27)28)20(23,24)25)18(26-10-17(14)22)29-12-13-5-2-1-3-6-13/h1-8,10H,9,11-12H2. The molecular formula is C20H15Cl2F3N2O2. The number of pyridine rings is 2. The highest BCUT2D eigenvalue weighted by Crippen LogP contribution is 2.30. The molecule has 0 radical (unpaired) electrons. The van der Waals surface area contributed by atoms with Crippen LogP contribution in [0.15, 0.2) is 59.7 Å². The molecule has 0 saturated carbocycles. The molecule has 0 atom stereocenters. The Bertz CT molecular complexity index is 1050.